The molecular weight excluding hydrogens is 322 g/mol. The van der Waals surface area contributed by atoms with Gasteiger partial charge < -0.3 is 20.9 Å². The second kappa shape index (κ2) is 9.51. The van der Waals surface area contributed by atoms with Crippen LogP contribution in [0.15, 0.2) is 65.8 Å². The van der Waals surface area contributed by atoms with E-state index in [9.17, 15) is 0 Å². The number of nitrogens with one attached hydrogen (secondary N) is 4. The average Bonchev–Trinajstić information content (AvgIpc) is 3.10. The summed E-state index contributed by atoms with van der Waals surface area (Å²) in [4.78, 5) is 7.61. The molecule has 0 aliphatic carbocycles. The highest BCUT2D eigenvalue weighted by Crippen LogP contribution is 2.17. The maximum Gasteiger partial charge on any atom is 0.190 e. The van der Waals surface area contributed by atoms with E-state index in [2.05, 4.69) is 68.5 Å². The first-order valence-electron chi connectivity index (χ1n) is 9.15. The van der Waals surface area contributed by atoms with Crippen molar-refractivity contribution in [3.63, 3.8) is 0 Å². The Hall–Kier alpha value is -2.95. The minimum absolute atomic E-state index is 0.851. The van der Waals surface area contributed by atoms with E-state index in [0.717, 1.165) is 44.1 Å². The molecule has 1 heterocycles. The summed E-state index contributed by atoms with van der Waals surface area (Å²) < 4.78 is 0. The number of nitrogens with zero attached hydrogens (tertiary/aromatic N) is 1. The largest absolute Gasteiger partial charge is 0.385 e. The zero-order chi connectivity index (χ0) is 18.0. The molecule has 26 heavy (non-hydrogen) atoms. The molecule has 4 N–H and O–H groups in total. The maximum absolute atomic E-state index is 4.29. The first-order chi connectivity index (χ1) is 12.9. The van der Waals surface area contributed by atoms with Gasteiger partial charge in [0.2, 0.25) is 0 Å². The van der Waals surface area contributed by atoms with Crippen molar-refractivity contribution in [2.24, 2.45) is 4.99 Å². The van der Waals surface area contributed by atoms with Crippen LogP contribution in [0, 0.1) is 0 Å². The molecule has 136 valence electrons. The van der Waals surface area contributed by atoms with E-state index in [4.69, 9.17) is 0 Å². The lowest BCUT2D eigenvalue weighted by atomic mass is 10.1. The van der Waals surface area contributed by atoms with Gasteiger partial charge in [0.05, 0.1) is 0 Å². The van der Waals surface area contributed by atoms with E-state index in [0.29, 0.717) is 0 Å². The number of hydrogen-bond donors (Lipinski definition) is 4. The van der Waals surface area contributed by atoms with Gasteiger partial charge in [-0.25, -0.2) is 0 Å². The van der Waals surface area contributed by atoms with Gasteiger partial charge in [-0.2, -0.15) is 0 Å². The summed E-state index contributed by atoms with van der Waals surface area (Å²) in [6.07, 6.45) is 4.08. The number of guanidine groups is 1. The Morgan fingerprint density at radius 1 is 0.923 bits per heavy atom. The van der Waals surface area contributed by atoms with Crippen LogP contribution in [-0.2, 0) is 6.42 Å². The molecule has 2 aromatic carbocycles. The molecule has 0 aliphatic heterocycles. The van der Waals surface area contributed by atoms with Crippen LogP contribution in [-0.4, -0.2) is 37.6 Å². The van der Waals surface area contributed by atoms with E-state index < -0.39 is 0 Å². The third-order valence-corrected chi connectivity index (χ3v) is 4.33. The van der Waals surface area contributed by atoms with Crippen LogP contribution >= 0.6 is 0 Å². The summed E-state index contributed by atoms with van der Waals surface area (Å²) in [6, 6.07) is 18.7. The molecule has 5 nitrogen and oxygen atoms in total. The molecule has 0 radical (unpaired) electrons. The van der Waals surface area contributed by atoms with Crippen LogP contribution in [0.25, 0.3) is 10.9 Å². The first kappa shape index (κ1) is 17.9. The van der Waals surface area contributed by atoms with Crippen molar-refractivity contribution >= 4 is 22.5 Å². The van der Waals surface area contributed by atoms with E-state index in [1.165, 1.54) is 16.5 Å². The fourth-order valence-electron chi connectivity index (χ4n) is 2.96. The lowest BCUT2D eigenvalue weighted by Gasteiger charge is -2.12. The Labute approximate surface area is 154 Å². The number of para-hydroxylation sites is 2. The predicted molar refractivity (Wildman–Crippen MR) is 111 cm³/mol. The van der Waals surface area contributed by atoms with Crippen molar-refractivity contribution in [3.05, 3.63) is 66.4 Å². The summed E-state index contributed by atoms with van der Waals surface area (Å²) >= 11 is 0. The fraction of sp³-hybridized carbons (Fsp3) is 0.286. The SMILES string of the molecule is CN=C(NCCCNc1ccccc1)NCCc1c[nH]c2ccccc12. The minimum Gasteiger partial charge on any atom is -0.385 e. The standard InChI is InChI=1S/C21H27N5/c1-22-21(24-14-7-13-23-18-8-3-2-4-9-18)25-15-12-17-16-26-20-11-6-5-10-19(17)20/h2-6,8-11,16,23,26H,7,12-15H2,1H3,(H2,22,24,25). The van der Waals surface area contributed by atoms with Gasteiger partial charge >= 0.3 is 0 Å². The van der Waals surface area contributed by atoms with Crippen LogP contribution in [0.1, 0.15) is 12.0 Å². The molecule has 0 amide bonds. The van der Waals surface area contributed by atoms with Crippen LogP contribution < -0.4 is 16.0 Å². The highest BCUT2D eigenvalue weighted by atomic mass is 15.2. The number of aliphatic imine (C=N–C) groups is 1. The number of hydrogen-bond acceptors (Lipinski definition) is 2. The highest BCUT2D eigenvalue weighted by Gasteiger charge is 2.03. The van der Waals surface area contributed by atoms with E-state index >= 15 is 0 Å². The molecule has 0 atom stereocenters. The zero-order valence-electron chi connectivity index (χ0n) is 15.3. The second-order valence-electron chi connectivity index (χ2n) is 6.18. The van der Waals surface area contributed by atoms with Gasteiger partial charge in [0.15, 0.2) is 5.96 Å². The van der Waals surface area contributed by atoms with Crippen LogP contribution in [0.5, 0.6) is 0 Å². The third kappa shape index (κ3) is 5.02. The van der Waals surface area contributed by atoms with E-state index in [-0.39, 0.29) is 0 Å². The van der Waals surface area contributed by atoms with Crippen molar-refractivity contribution in [3.8, 4) is 0 Å². The normalized spacial score (nSPS) is 11.5. The number of benzene rings is 2. The molecular formula is C21H27N5. The summed E-state index contributed by atoms with van der Waals surface area (Å²) in [5, 5.41) is 11.5. The molecule has 0 fully saturated rings. The molecule has 3 aromatic rings. The number of H-pyrrole nitrogens is 1. The monoisotopic (exact) mass is 349 g/mol. The zero-order valence-corrected chi connectivity index (χ0v) is 15.3. The predicted octanol–water partition coefficient (Wildman–Crippen LogP) is 3.38. The van der Waals surface area contributed by atoms with Gasteiger partial charge in [-0.1, -0.05) is 36.4 Å². The molecule has 0 bridgehead atoms. The van der Waals surface area contributed by atoms with Gasteiger partial charge in [-0.3, -0.25) is 4.99 Å². The third-order valence-electron chi connectivity index (χ3n) is 4.33. The highest BCUT2D eigenvalue weighted by molar-refractivity contribution is 5.83. The van der Waals surface area contributed by atoms with Crippen molar-refractivity contribution in [2.45, 2.75) is 12.8 Å². The Morgan fingerprint density at radius 2 is 1.69 bits per heavy atom. The number of rotatable bonds is 8. The molecule has 3 rings (SSSR count). The Balaban J connectivity index is 1.34. The lowest BCUT2D eigenvalue weighted by molar-refractivity contribution is 0.758. The Kier molecular flexibility index (Phi) is 6.53. The number of fused-ring (bicyclic) bond motifs is 1. The summed E-state index contributed by atoms with van der Waals surface area (Å²) in [5.74, 6) is 0.851. The van der Waals surface area contributed by atoms with Gasteiger partial charge in [0.1, 0.15) is 0 Å². The average molecular weight is 349 g/mol. The van der Waals surface area contributed by atoms with Crippen LogP contribution in [0.3, 0.4) is 0 Å². The number of aromatic nitrogens is 1. The van der Waals surface area contributed by atoms with Crippen molar-refractivity contribution in [2.75, 3.05) is 32.0 Å². The van der Waals surface area contributed by atoms with E-state index in [1.807, 2.05) is 25.2 Å². The molecule has 0 unspecified atom stereocenters. The molecule has 1 aromatic heterocycles. The van der Waals surface area contributed by atoms with Gasteiger partial charge in [0, 0.05) is 49.5 Å². The Morgan fingerprint density at radius 3 is 2.54 bits per heavy atom. The number of anilines is 1. The van der Waals surface area contributed by atoms with Crippen molar-refractivity contribution < 1.29 is 0 Å². The topological polar surface area (TPSA) is 64.2 Å². The van der Waals surface area contributed by atoms with Crippen molar-refractivity contribution in [1.29, 1.82) is 0 Å². The smallest absolute Gasteiger partial charge is 0.190 e. The van der Waals surface area contributed by atoms with Gasteiger partial charge in [0.25, 0.3) is 0 Å². The lowest BCUT2D eigenvalue weighted by Crippen LogP contribution is -2.39. The van der Waals surface area contributed by atoms with Crippen LogP contribution in [0.2, 0.25) is 0 Å². The molecule has 0 saturated carbocycles. The minimum atomic E-state index is 0.851. The second-order valence-corrected chi connectivity index (χ2v) is 6.18. The summed E-state index contributed by atoms with van der Waals surface area (Å²) in [7, 11) is 1.81. The summed E-state index contributed by atoms with van der Waals surface area (Å²) in [5.41, 5.74) is 3.68. The molecule has 0 spiro atoms. The molecule has 0 saturated heterocycles. The first-order valence-corrected chi connectivity index (χ1v) is 9.15. The van der Waals surface area contributed by atoms with Crippen molar-refractivity contribution in [1.82, 2.24) is 15.6 Å². The molecule has 0 aliphatic rings. The van der Waals surface area contributed by atoms with Gasteiger partial charge in [-0.15, -0.1) is 0 Å². The van der Waals surface area contributed by atoms with Crippen LogP contribution in [0.4, 0.5) is 5.69 Å². The molecule has 5 heteroatoms. The maximum atomic E-state index is 4.29. The Bertz CT molecular complexity index is 823. The fourth-order valence-corrected chi connectivity index (χ4v) is 2.96. The van der Waals surface area contributed by atoms with Gasteiger partial charge in [-0.05, 0) is 36.6 Å². The van der Waals surface area contributed by atoms with E-state index in [1.54, 1.807) is 0 Å². The summed E-state index contributed by atoms with van der Waals surface area (Å²) in [6.45, 7) is 2.67. The number of aromatic amines is 1. The quantitative estimate of drug-likeness (QED) is 0.286.